The fourth-order valence-electron chi connectivity index (χ4n) is 2.43. The van der Waals surface area contributed by atoms with Crippen molar-refractivity contribution in [3.05, 3.63) is 78.0 Å². The molecule has 0 aliphatic heterocycles. The third kappa shape index (κ3) is 3.95. The van der Waals surface area contributed by atoms with Crippen LogP contribution >= 0.6 is 0 Å². The molecule has 0 aliphatic carbocycles. The Hall–Kier alpha value is -3.34. The topological polar surface area (TPSA) is 68.7 Å². The van der Waals surface area contributed by atoms with Gasteiger partial charge in [0, 0.05) is 11.8 Å². The summed E-state index contributed by atoms with van der Waals surface area (Å²) < 4.78 is 10.8. The molecule has 0 spiro atoms. The number of pyridine rings is 1. The minimum absolute atomic E-state index is 0.0237. The summed E-state index contributed by atoms with van der Waals surface area (Å²) in [5, 5.41) is 9.29. The van der Waals surface area contributed by atoms with Crippen LogP contribution < -0.4 is 9.47 Å². The molecule has 5 heteroatoms. The molecule has 1 aromatic heterocycles. The van der Waals surface area contributed by atoms with Crippen LogP contribution in [0.1, 0.15) is 15.9 Å². The molecule has 0 atom stereocenters. The van der Waals surface area contributed by atoms with Crippen LogP contribution in [0.3, 0.4) is 0 Å². The highest BCUT2D eigenvalue weighted by molar-refractivity contribution is 5.91. The number of hydrogen-bond acceptors (Lipinski definition) is 4. The van der Waals surface area contributed by atoms with Crippen molar-refractivity contribution >= 4 is 5.97 Å². The molecule has 0 fully saturated rings. The predicted octanol–water partition coefficient (Wildman–Crippen LogP) is 4.03. The van der Waals surface area contributed by atoms with Crippen molar-refractivity contribution in [1.82, 2.24) is 4.98 Å². The van der Waals surface area contributed by atoms with E-state index in [1.807, 2.05) is 54.6 Å². The van der Waals surface area contributed by atoms with Gasteiger partial charge in [0.25, 0.3) is 0 Å². The SMILES string of the molecule is COc1ncc(-c2cccc(OCc3ccccc3)c2)cc1C(=O)O. The standard InChI is InChI=1S/C20H17NO4/c1-24-19-18(20(22)23)11-16(12-21-19)15-8-5-9-17(10-15)25-13-14-6-3-2-4-7-14/h2-12H,13H2,1H3,(H,22,23). The Morgan fingerprint density at radius 3 is 2.56 bits per heavy atom. The van der Waals surface area contributed by atoms with Gasteiger partial charge in [-0.1, -0.05) is 42.5 Å². The number of nitrogens with zero attached hydrogens (tertiary/aromatic N) is 1. The summed E-state index contributed by atoms with van der Waals surface area (Å²) in [7, 11) is 1.40. The van der Waals surface area contributed by atoms with E-state index < -0.39 is 5.97 Å². The molecule has 0 amide bonds. The average molecular weight is 335 g/mol. The molecule has 0 bridgehead atoms. The first kappa shape index (κ1) is 16.5. The van der Waals surface area contributed by atoms with Crippen molar-refractivity contribution < 1.29 is 19.4 Å². The lowest BCUT2D eigenvalue weighted by Gasteiger charge is -2.10. The minimum Gasteiger partial charge on any atom is -0.489 e. The Morgan fingerprint density at radius 1 is 1.04 bits per heavy atom. The molecule has 3 rings (SSSR count). The largest absolute Gasteiger partial charge is 0.489 e. The Kier molecular flexibility index (Phi) is 4.95. The first-order valence-electron chi connectivity index (χ1n) is 7.72. The fourth-order valence-corrected chi connectivity index (χ4v) is 2.43. The summed E-state index contributed by atoms with van der Waals surface area (Å²) in [4.78, 5) is 15.4. The number of aromatic nitrogens is 1. The van der Waals surface area contributed by atoms with E-state index in [-0.39, 0.29) is 11.4 Å². The van der Waals surface area contributed by atoms with Gasteiger partial charge in [-0.25, -0.2) is 9.78 Å². The van der Waals surface area contributed by atoms with Crippen molar-refractivity contribution in [1.29, 1.82) is 0 Å². The van der Waals surface area contributed by atoms with Gasteiger partial charge in [0.2, 0.25) is 5.88 Å². The van der Waals surface area contributed by atoms with Crippen molar-refractivity contribution in [2.24, 2.45) is 0 Å². The van der Waals surface area contributed by atoms with Gasteiger partial charge in [-0.3, -0.25) is 0 Å². The van der Waals surface area contributed by atoms with Crippen LogP contribution in [-0.2, 0) is 6.61 Å². The lowest BCUT2D eigenvalue weighted by molar-refractivity contribution is 0.0692. The second-order valence-electron chi connectivity index (χ2n) is 5.39. The maximum atomic E-state index is 11.3. The zero-order valence-corrected chi connectivity index (χ0v) is 13.7. The molecule has 0 aliphatic rings. The molecule has 0 unspecified atom stereocenters. The average Bonchev–Trinajstić information content (AvgIpc) is 2.67. The van der Waals surface area contributed by atoms with Crippen LogP contribution in [-0.4, -0.2) is 23.2 Å². The van der Waals surface area contributed by atoms with E-state index in [0.717, 1.165) is 11.1 Å². The van der Waals surface area contributed by atoms with Crippen LogP contribution in [0.25, 0.3) is 11.1 Å². The molecule has 1 heterocycles. The summed E-state index contributed by atoms with van der Waals surface area (Å²) in [6.07, 6.45) is 1.58. The second kappa shape index (κ2) is 7.49. The number of hydrogen-bond donors (Lipinski definition) is 1. The Labute approximate surface area is 145 Å². The summed E-state index contributed by atoms with van der Waals surface area (Å²) in [5.74, 6) is -0.288. The molecule has 0 radical (unpaired) electrons. The normalized spacial score (nSPS) is 10.3. The summed E-state index contributed by atoms with van der Waals surface area (Å²) >= 11 is 0. The summed E-state index contributed by atoms with van der Waals surface area (Å²) in [5.41, 5.74) is 2.61. The number of methoxy groups -OCH3 is 1. The van der Waals surface area contributed by atoms with Crippen molar-refractivity contribution in [2.45, 2.75) is 6.61 Å². The van der Waals surface area contributed by atoms with Gasteiger partial charge in [0.1, 0.15) is 17.9 Å². The third-order valence-electron chi connectivity index (χ3n) is 3.69. The summed E-state index contributed by atoms with van der Waals surface area (Å²) in [6.45, 7) is 0.464. The highest BCUT2D eigenvalue weighted by Crippen LogP contribution is 2.27. The lowest BCUT2D eigenvalue weighted by Crippen LogP contribution is -2.02. The second-order valence-corrected chi connectivity index (χ2v) is 5.39. The van der Waals surface area contributed by atoms with Gasteiger partial charge in [-0.2, -0.15) is 0 Å². The number of rotatable bonds is 6. The Morgan fingerprint density at radius 2 is 1.84 bits per heavy atom. The van der Waals surface area contributed by atoms with Crippen LogP contribution in [0.15, 0.2) is 66.9 Å². The number of carbonyl (C=O) groups is 1. The van der Waals surface area contributed by atoms with Crippen LogP contribution in [0.4, 0.5) is 0 Å². The van der Waals surface area contributed by atoms with Crippen molar-refractivity contribution in [3.8, 4) is 22.8 Å². The van der Waals surface area contributed by atoms with Gasteiger partial charge >= 0.3 is 5.97 Å². The van der Waals surface area contributed by atoms with Gasteiger partial charge < -0.3 is 14.6 Å². The quantitative estimate of drug-likeness (QED) is 0.736. The lowest BCUT2D eigenvalue weighted by atomic mass is 10.1. The van der Waals surface area contributed by atoms with E-state index in [4.69, 9.17) is 9.47 Å². The van der Waals surface area contributed by atoms with Gasteiger partial charge in [0.05, 0.1) is 7.11 Å². The molecule has 25 heavy (non-hydrogen) atoms. The predicted molar refractivity (Wildman–Crippen MR) is 94.0 cm³/mol. The monoisotopic (exact) mass is 335 g/mol. The highest BCUT2D eigenvalue weighted by Gasteiger charge is 2.14. The van der Waals surface area contributed by atoms with E-state index in [0.29, 0.717) is 17.9 Å². The fraction of sp³-hybridized carbons (Fsp3) is 0.100. The molecular formula is C20H17NO4. The number of carboxylic acids is 1. The molecule has 0 saturated carbocycles. The van der Waals surface area contributed by atoms with Crippen LogP contribution in [0, 0.1) is 0 Å². The molecule has 2 aromatic carbocycles. The van der Waals surface area contributed by atoms with Gasteiger partial charge in [0.15, 0.2) is 0 Å². The van der Waals surface area contributed by atoms with E-state index in [2.05, 4.69) is 4.98 Å². The molecular weight excluding hydrogens is 318 g/mol. The van der Waals surface area contributed by atoms with Crippen LogP contribution in [0.2, 0.25) is 0 Å². The number of carboxylic acid groups (broad SMARTS) is 1. The number of ether oxygens (including phenoxy) is 2. The van der Waals surface area contributed by atoms with E-state index in [1.165, 1.54) is 7.11 Å². The summed E-state index contributed by atoms with van der Waals surface area (Å²) in [6, 6.07) is 18.9. The van der Waals surface area contributed by atoms with Crippen molar-refractivity contribution in [3.63, 3.8) is 0 Å². The van der Waals surface area contributed by atoms with Gasteiger partial charge in [-0.05, 0) is 29.3 Å². The van der Waals surface area contributed by atoms with Gasteiger partial charge in [-0.15, -0.1) is 0 Å². The molecule has 5 nitrogen and oxygen atoms in total. The molecule has 3 aromatic rings. The number of aromatic carboxylic acids is 1. The minimum atomic E-state index is -1.08. The van der Waals surface area contributed by atoms with Crippen molar-refractivity contribution in [2.75, 3.05) is 7.11 Å². The number of benzene rings is 2. The maximum absolute atomic E-state index is 11.3. The Bertz CT molecular complexity index is 878. The third-order valence-corrected chi connectivity index (χ3v) is 3.69. The first-order chi connectivity index (χ1) is 12.2. The first-order valence-corrected chi connectivity index (χ1v) is 7.72. The maximum Gasteiger partial charge on any atom is 0.341 e. The molecule has 1 N–H and O–H groups in total. The highest BCUT2D eigenvalue weighted by atomic mass is 16.5. The van der Waals surface area contributed by atoms with E-state index in [1.54, 1.807) is 12.3 Å². The van der Waals surface area contributed by atoms with Crippen LogP contribution in [0.5, 0.6) is 11.6 Å². The van der Waals surface area contributed by atoms with E-state index in [9.17, 15) is 9.90 Å². The zero-order valence-electron chi connectivity index (χ0n) is 13.7. The molecule has 0 saturated heterocycles. The zero-order chi connectivity index (χ0) is 17.6. The molecule has 126 valence electrons. The smallest absolute Gasteiger partial charge is 0.341 e. The van der Waals surface area contributed by atoms with E-state index >= 15 is 0 Å². The Balaban J connectivity index is 1.84.